The second-order valence-corrected chi connectivity index (χ2v) is 9.40. The first-order valence-electron chi connectivity index (χ1n) is 7.32. The molecule has 0 amide bonds. The van der Waals surface area contributed by atoms with E-state index < -0.39 is 20.0 Å². The Balaban J connectivity index is 2.03. The highest BCUT2D eigenvalue weighted by Crippen LogP contribution is 2.19. The minimum absolute atomic E-state index is 0.0760. The van der Waals surface area contributed by atoms with E-state index >= 15 is 0 Å². The lowest BCUT2D eigenvalue weighted by Crippen LogP contribution is -2.46. The van der Waals surface area contributed by atoms with Crippen LogP contribution in [0.1, 0.15) is 25.3 Å². The minimum Gasteiger partial charge on any atom is -0.212 e. The van der Waals surface area contributed by atoms with Gasteiger partial charge in [0.05, 0.1) is 10.6 Å². The van der Waals surface area contributed by atoms with Crippen molar-refractivity contribution >= 4 is 20.0 Å². The van der Waals surface area contributed by atoms with E-state index in [0.29, 0.717) is 31.5 Å². The summed E-state index contributed by atoms with van der Waals surface area (Å²) in [4.78, 5) is 0.276. The van der Waals surface area contributed by atoms with Gasteiger partial charge < -0.3 is 0 Å². The maximum absolute atomic E-state index is 12.4. The summed E-state index contributed by atoms with van der Waals surface area (Å²) < 4.78 is 52.6. The summed E-state index contributed by atoms with van der Waals surface area (Å²) >= 11 is 0. The first kappa shape index (κ1) is 17.4. The normalized spacial score (nSPS) is 18.5. The lowest BCUT2D eigenvalue weighted by Gasteiger charge is -2.31. The van der Waals surface area contributed by atoms with E-state index in [-0.39, 0.29) is 16.7 Å². The molecule has 0 saturated carbocycles. The highest BCUT2D eigenvalue weighted by Gasteiger charge is 2.29. The van der Waals surface area contributed by atoms with Gasteiger partial charge in [-0.3, -0.25) is 0 Å². The Kier molecular flexibility index (Phi) is 5.26. The molecule has 0 unspecified atom stereocenters. The number of rotatable bonds is 5. The van der Waals surface area contributed by atoms with Gasteiger partial charge in [0.25, 0.3) is 0 Å². The molecular formula is C14H22N2O4S2. The first-order valence-corrected chi connectivity index (χ1v) is 10.4. The molecule has 8 heteroatoms. The Morgan fingerprint density at radius 2 is 1.73 bits per heavy atom. The van der Waals surface area contributed by atoms with Crippen LogP contribution in [-0.2, 0) is 20.0 Å². The number of hydrogen-bond acceptors (Lipinski definition) is 4. The zero-order valence-corrected chi connectivity index (χ0v) is 14.5. The molecule has 0 aromatic heterocycles. The third-order valence-electron chi connectivity index (χ3n) is 3.92. The van der Waals surface area contributed by atoms with E-state index in [1.165, 1.54) is 4.31 Å². The van der Waals surface area contributed by atoms with Crippen molar-refractivity contribution < 1.29 is 16.8 Å². The summed E-state index contributed by atoms with van der Waals surface area (Å²) in [6.45, 7) is 4.08. The van der Waals surface area contributed by atoms with Crippen molar-refractivity contribution in [3.05, 3.63) is 29.8 Å². The third-order valence-corrected chi connectivity index (χ3v) is 7.48. The zero-order chi connectivity index (χ0) is 16.4. The molecule has 0 spiro atoms. The molecule has 1 aromatic rings. The van der Waals surface area contributed by atoms with Crippen LogP contribution >= 0.6 is 0 Å². The van der Waals surface area contributed by atoms with E-state index in [1.807, 2.05) is 0 Å². The number of piperidine rings is 1. The van der Waals surface area contributed by atoms with Crippen LogP contribution in [0.25, 0.3) is 0 Å². The van der Waals surface area contributed by atoms with Crippen molar-refractivity contribution in [2.24, 2.45) is 0 Å². The SMILES string of the molecule is CCS(=O)(=O)N1CCC(NS(=O)(=O)c2ccccc2C)CC1. The van der Waals surface area contributed by atoms with Crippen molar-refractivity contribution in [2.45, 2.75) is 37.6 Å². The molecule has 1 fully saturated rings. The molecule has 22 heavy (non-hydrogen) atoms. The Morgan fingerprint density at radius 1 is 1.14 bits per heavy atom. The van der Waals surface area contributed by atoms with Crippen molar-refractivity contribution in [3.63, 3.8) is 0 Å². The summed E-state index contributed by atoms with van der Waals surface area (Å²) in [6.07, 6.45) is 0.981. The molecule has 0 bridgehead atoms. The number of nitrogens with one attached hydrogen (secondary N) is 1. The van der Waals surface area contributed by atoms with Crippen LogP contribution in [0.5, 0.6) is 0 Å². The average molecular weight is 346 g/mol. The van der Waals surface area contributed by atoms with E-state index in [9.17, 15) is 16.8 Å². The lowest BCUT2D eigenvalue weighted by molar-refractivity contribution is 0.309. The smallest absolute Gasteiger partial charge is 0.212 e. The molecular weight excluding hydrogens is 324 g/mol. The topological polar surface area (TPSA) is 83.6 Å². The summed E-state index contributed by atoms with van der Waals surface area (Å²) in [5.74, 6) is 0.0760. The highest BCUT2D eigenvalue weighted by atomic mass is 32.2. The summed E-state index contributed by atoms with van der Waals surface area (Å²) in [5, 5.41) is 0. The van der Waals surface area contributed by atoms with Crippen LogP contribution in [0.4, 0.5) is 0 Å². The van der Waals surface area contributed by atoms with Crippen molar-refractivity contribution in [2.75, 3.05) is 18.8 Å². The van der Waals surface area contributed by atoms with Gasteiger partial charge in [-0.2, -0.15) is 0 Å². The van der Waals surface area contributed by atoms with Crippen LogP contribution in [0.3, 0.4) is 0 Å². The number of nitrogens with zero attached hydrogens (tertiary/aromatic N) is 1. The second-order valence-electron chi connectivity index (χ2n) is 5.46. The fourth-order valence-electron chi connectivity index (χ4n) is 2.58. The Bertz CT molecular complexity index is 721. The van der Waals surface area contributed by atoms with E-state index in [0.717, 1.165) is 0 Å². The van der Waals surface area contributed by atoms with Crippen molar-refractivity contribution in [1.29, 1.82) is 0 Å². The van der Waals surface area contributed by atoms with E-state index in [4.69, 9.17) is 0 Å². The molecule has 6 nitrogen and oxygen atoms in total. The van der Waals surface area contributed by atoms with Crippen LogP contribution in [-0.4, -0.2) is 46.0 Å². The quantitative estimate of drug-likeness (QED) is 0.865. The van der Waals surface area contributed by atoms with Crippen LogP contribution in [0, 0.1) is 6.92 Å². The highest BCUT2D eigenvalue weighted by molar-refractivity contribution is 7.89. The van der Waals surface area contributed by atoms with Gasteiger partial charge >= 0.3 is 0 Å². The van der Waals surface area contributed by atoms with Crippen LogP contribution in [0.2, 0.25) is 0 Å². The fraction of sp³-hybridized carbons (Fsp3) is 0.571. The maximum Gasteiger partial charge on any atom is 0.241 e. The monoisotopic (exact) mass is 346 g/mol. The minimum atomic E-state index is -3.57. The standard InChI is InChI=1S/C14H22N2O4S2/c1-3-21(17,18)16-10-8-13(9-11-16)15-22(19,20)14-7-5-4-6-12(14)2/h4-7,13,15H,3,8-11H2,1-2H3. The molecule has 1 aliphatic rings. The van der Waals surface area contributed by atoms with Gasteiger partial charge in [0.2, 0.25) is 20.0 Å². The van der Waals surface area contributed by atoms with Crippen LogP contribution < -0.4 is 4.72 Å². The number of aryl methyl sites for hydroxylation is 1. The Morgan fingerprint density at radius 3 is 2.27 bits per heavy atom. The molecule has 1 N–H and O–H groups in total. The predicted octanol–water partition coefficient (Wildman–Crippen LogP) is 1.09. The Hall–Kier alpha value is -0.960. The van der Waals surface area contributed by atoms with E-state index in [2.05, 4.69) is 4.72 Å². The fourth-order valence-corrected chi connectivity index (χ4v) is 5.26. The molecule has 1 aliphatic heterocycles. The Labute approximate surface area is 132 Å². The van der Waals surface area contributed by atoms with Gasteiger partial charge in [0.1, 0.15) is 0 Å². The van der Waals surface area contributed by atoms with Crippen molar-refractivity contribution in [1.82, 2.24) is 9.03 Å². The van der Waals surface area contributed by atoms with Gasteiger partial charge in [-0.1, -0.05) is 18.2 Å². The number of benzene rings is 1. The lowest BCUT2D eigenvalue weighted by atomic mass is 10.1. The molecule has 0 radical (unpaired) electrons. The summed E-state index contributed by atoms with van der Waals surface area (Å²) in [7, 11) is -6.76. The predicted molar refractivity (Wildman–Crippen MR) is 85.6 cm³/mol. The molecule has 1 aromatic carbocycles. The molecule has 1 saturated heterocycles. The largest absolute Gasteiger partial charge is 0.241 e. The summed E-state index contributed by atoms with van der Waals surface area (Å²) in [5.41, 5.74) is 0.695. The van der Waals surface area contributed by atoms with Gasteiger partial charge in [-0.05, 0) is 38.3 Å². The summed E-state index contributed by atoms with van der Waals surface area (Å²) in [6, 6.07) is 6.59. The number of sulfonamides is 2. The van der Waals surface area contributed by atoms with Gasteiger partial charge in [0.15, 0.2) is 0 Å². The molecule has 2 rings (SSSR count). The molecule has 124 valence electrons. The average Bonchev–Trinajstić information content (AvgIpc) is 2.47. The van der Waals surface area contributed by atoms with Gasteiger partial charge in [0, 0.05) is 19.1 Å². The molecule has 0 aliphatic carbocycles. The zero-order valence-electron chi connectivity index (χ0n) is 12.8. The van der Waals surface area contributed by atoms with E-state index in [1.54, 1.807) is 38.1 Å². The van der Waals surface area contributed by atoms with Crippen LogP contribution in [0.15, 0.2) is 29.2 Å². The van der Waals surface area contributed by atoms with Gasteiger partial charge in [-0.25, -0.2) is 25.9 Å². The maximum atomic E-state index is 12.4. The molecule has 1 heterocycles. The van der Waals surface area contributed by atoms with Crippen molar-refractivity contribution in [3.8, 4) is 0 Å². The third kappa shape index (κ3) is 3.87. The second kappa shape index (κ2) is 6.66. The molecule has 0 atom stereocenters. The van der Waals surface area contributed by atoms with Gasteiger partial charge in [-0.15, -0.1) is 0 Å². The first-order chi connectivity index (χ1) is 10.3. The number of hydrogen-bond donors (Lipinski definition) is 1.